The molecule has 2 atom stereocenters. The minimum Gasteiger partial charge on any atom is -0.493 e. The summed E-state index contributed by atoms with van der Waals surface area (Å²) >= 11 is 5.92. The Morgan fingerprint density at radius 2 is 1.81 bits per heavy atom. The second-order valence-corrected chi connectivity index (χ2v) is 9.88. The molecule has 1 heterocycles. The van der Waals surface area contributed by atoms with Crippen LogP contribution in [0.2, 0.25) is 5.02 Å². The Morgan fingerprint density at radius 3 is 2.45 bits per heavy atom. The molecule has 9 heteroatoms. The number of hydrogen-bond donors (Lipinski definition) is 1. The number of benzene rings is 2. The quantitative estimate of drug-likeness (QED) is 0.673. The predicted octanol–water partition coefficient (Wildman–Crippen LogP) is 3.64. The van der Waals surface area contributed by atoms with Gasteiger partial charge in [-0.15, -0.1) is 0 Å². The first-order valence-corrected chi connectivity index (χ1v) is 11.9. The highest BCUT2D eigenvalue weighted by molar-refractivity contribution is 7.89. The number of piperidine rings is 1. The van der Waals surface area contributed by atoms with E-state index in [1.807, 2.05) is 19.1 Å². The van der Waals surface area contributed by atoms with Crippen LogP contribution in [-0.4, -0.2) is 45.9 Å². The van der Waals surface area contributed by atoms with Crippen LogP contribution >= 0.6 is 11.6 Å². The third kappa shape index (κ3) is 5.31. The second-order valence-electron chi connectivity index (χ2n) is 7.50. The fraction of sp³-hybridized carbons (Fsp3) is 0.409. The topological polar surface area (TPSA) is 84.9 Å². The maximum atomic E-state index is 13.2. The zero-order valence-corrected chi connectivity index (χ0v) is 19.4. The highest BCUT2D eigenvalue weighted by atomic mass is 35.5. The van der Waals surface area contributed by atoms with Crippen LogP contribution in [0, 0.1) is 5.92 Å². The van der Waals surface area contributed by atoms with Crippen molar-refractivity contribution >= 4 is 27.5 Å². The van der Waals surface area contributed by atoms with Gasteiger partial charge in [0.05, 0.1) is 31.1 Å². The van der Waals surface area contributed by atoms with Crippen LogP contribution in [0.5, 0.6) is 11.5 Å². The molecule has 1 amide bonds. The number of nitrogens with one attached hydrogen (secondary N) is 1. The van der Waals surface area contributed by atoms with E-state index in [2.05, 4.69) is 5.32 Å². The van der Waals surface area contributed by atoms with Crippen molar-refractivity contribution in [3.05, 3.63) is 53.1 Å². The molecule has 7 nitrogen and oxygen atoms in total. The lowest BCUT2D eigenvalue weighted by molar-refractivity contribution is -0.126. The lowest BCUT2D eigenvalue weighted by atomic mass is 9.98. The summed E-state index contributed by atoms with van der Waals surface area (Å²) < 4.78 is 38.2. The number of hydrogen-bond acceptors (Lipinski definition) is 5. The van der Waals surface area contributed by atoms with Crippen LogP contribution in [-0.2, 0) is 14.8 Å². The van der Waals surface area contributed by atoms with Crippen LogP contribution in [0.25, 0.3) is 0 Å². The molecule has 0 aliphatic carbocycles. The molecule has 1 aliphatic heterocycles. The number of methoxy groups -OCH3 is 2. The maximum absolute atomic E-state index is 13.2. The Labute approximate surface area is 188 Å². The Bertz CT molecular complexity index is 1030. The summed E-state index contributed by atoms with van der Waals surface area (Å²) in [6.45, 7) is 2.39. The smallest absolute Gasteiger partial charge is 0.243 e. The fourth-order valence-electron chi connectivity index (χ4n) is 3.67. The predicted molar refractivity (Wildman–Crippen MR) is 119 cm³/mol. The minimum atomic E-state index is -3.77. The minimum absolute atomic E-state index is 0.112. The Balaban J connectivity index is 1.71. The first-order valence-electron chi connectivity index (χ1n) is 10.0. The van der Waals surface area contributed by atoms with Gasteiger partial charge in [-0.3, -0.25) is 4.79 Å². The van der Waals surface area contributed by atoms with Gasteiger partial charge in [-0.1, -0.05) is 23.7 Å². The molecule has 3 rings (SSSR count). The van der Waals surface area contributed by atoms with Gasteiger partial charge in [-0.05, 0) is 49.6 Å². The molecule has 1 aliphatic rings. The van der Waals surface area contributed by atoms with Gasteiger partial charge in [0.25, 0.3) is 0 Å². The number of carbonyl (C=O) groups excluding carboxylic acids is 1. The van der Waals surface area contributed by atoms with E-state index in [4.69, 9.17) is 21.1 Å². The number of rotatable bonds is 7. The van der Waals surface area contributed by atoms with Crippen molar-refractivity contribution in [2.75, 3.05) is 27.3 Å². The third-order valence-corrected chi connectivity index (χ3v) is 7.59. The number of carbonyl (C=O) groups is 1. The van der Waals surface area contributed by atoms with Crippen LogP contribution in [0.3, 0.4) is 0 Å². The molecular formula is C22H27ClN2O5S. The molecule has 2 aromatic rings. The van der Waals surface area contributed by atoms with Gasteiger partial charge in [-0.25, -0.2) is 8.42 Å². The molecule has 31 heavy (non-hydrogen) atoms. The standard InChI is InChI=1S/C22H27ClN2O5S/c1-15(16-6-8-18(23)9-7-16)24-22(26)17-5-4-12-25(14-17)31(27,28)19-10-11-20(29-2)21(13-19)30-3/h6-11,13,15,17H,4-5,12,14H2,1-3H3,(H,24,26)/t15-,17+/m0/s1. The van der Waals surface area contributed by atoms with E-state index < -0.39 is 15.9 Å². The SMILES string of the molecule is COc1ccc(S(=O)(=O)N2CCC[C@@H](C(=O)N[C@@H](C)c3ccc(Cl)cc3)C2)cc1OC. The number of amides is 1. The van der Waals surface area contributed by atoms with E-state index >= 15 is 0 Å². The van der Waals surface area contributed by atoms with Gasteiger partial charge in [0, 0.05) is 24.2 Å². The zero-order chi connectivity index (χ0) is 22.6. The number of ether oxygens (including phenoxy) is 2. The molecule has 0 spiro atoms. The molecule has 0 radical (unpaired) electrons. The Hall–Kier alpha value is -2.29. The van der Waals surface area contributed by atoms with Crippen LogP contribution in [0.4, 0.5) is 0 Å². The molecule has 1 fully saturated rings. The van der Waals surface area contributed by atoms with Crippen molar-refractivity contribution < 1.29 is 22.7 Å². The zero-order valence-electron chi connectivity index (χ0n) is 17.8. The first kappa shape index (κ1) is 23.4. The molecular weight excluding hydrogens is 440 g/mol. The summed E-state index contributed by atoms with van der Waals surface area (Å²) in [5.41, 5.74) is 0.934. The van der Waals surface area contributed by atoms with Crippen molar-refractivity contribution in [2.45, 2.75) is 30.7 Å². The summed E-state index contributed by atoms with van der Waals surface area (Å²) in [4.78, 5) is 13.0. The average Bonchev–Trinajstić information content (AvgIpc) is 2.78. The lowest BCUT2D eigenvalue weighted by Crippen LogP contribution is -2.45. The molecule has 0 unspecified atom stereocenters. The molecule has 0 saturated carbocycles. The summed E-state index contributed by atoms with van der Waals surface area (Å²) in [5, 5.41) is 3.62. The van der Waals surface area contributed by atoms with Gasteiger partial charge in [0.2, 0.25) is 15.9 Å². The van der Waals surface area contributed by atoms with Crippen molar-refractivity contribution in [1.82, 2.24) is 9.62 Å². The van der Waals surface area contributed by atoms with E-state index in [-0.39, 0.29) is 23.4 Å². The van der Waals surface area contributed by atoms with Gasteiger partial charge >= 0.3 is 0 Å². The Morgan fingerprint density at radius 1 is 1.13 bits per heavy atom. The fourth-order valence-corrected chi connectivity index (χ4v) is 5.33. The molecule has 1 N–H and O–H groups in total. The third-order valence-electron chi connectivity index (χ3n) is 5.48. The normalized spacial score (nSPS) is 18.3. The number of nitrogens with zero attached hydrogens (tertiary/aromatic N) is 1. The van der Waals surface area contributed by atoms with Crippen LogP contribution < -0.4 is 14.8 Å². The van der Waals surface area contributed by atoms with E-state index in [1.54, 1.807) is 18.2 Å². The van der Waals surface area contributed by atoms with E-state index in [9.17, 15) is 13.2 Å². The summed E-state index contributed by atoms with van der Waals surface area (Å²) in [6, 6.07) is 11.6. The average molecular weight is 467 g/mol. The van der Waals surface area contributed by atoms with Gasteiger partial charge in [0.1, 0.15) is 0 Å². The van der Waals surface area contributed by atoms with Crippen LogP contribution in [0.1, 0.15) is 31.4 Å². The summed E-state index contributed by atoms with van der Waals surface area (Å²) in [6.07, 6.45) is 1.25. The summed E-state index contributed by atoms with van der Waals surface area (Å²) in [5.74, 6) is 0.216. The van der Waals surface area contributed by atoms with Gasteiger partial charge in [-0.2, -0.15) is 4.31 Å². The lowest BCUT2D eigenvalue weighted by Gasteiger charge is -2.32. The van der Waals surface area contributed by atoms with Gasteiger partial charge in [0.15, 0.2) is 11.5 Å². The molecule has 0 aromatic heterocycles. The monoisotopic (exact) mass is 466 g/mol. The van der Waals surface area contributed by atoms with Crippen molar-refractivity contribution in [3.63, 3.8) is 0 Å². The summed E-state index contributed by atoms with van der Waals surface area (Å²) in [7, 11) is -0.822. The number of halogens is 1. The maximum Gasteiger partial charge on any atom is 0.243 e. The molecule has 168 valence electrons. The van der Waals surface area contributed by atoms with E-state index in [0.29, 0.717) is 35.9 Å². The van der Waals surface area contributed by atoms with Crippen LogP contribution in [0.15, 0.2) is 47.4 Å². The molecule has 0 bridgehead atoms. The van der Waals surface area contributed by atoms with Crippen molar-refractivity contribution in [2.24, 2.45) is 5.92 Å². The van der Waals surface area contributed by atoms with Crippen molar-refractivity contribution in [3.8, 4) is 11.5 Å². The largest absolute Gasteiger partial charge is 0.493 e. The highest BCUT2D eigenvalue weighted by Crippen LogP contribution is 2.32. The highest BCUT2D eigenvalue weighted by Gasteiger charge is 2.34. The molecule has 2 aromatic carbocycles. The number of sulfonamides is 1. The van der Waals surface area contributed by atoms with Crippen molar-refractivity contribution in [1.29, 1.82) is 0 Å². The Kier molecular flexibility index (Phi) is 7.46. The first-order chi connectivity index (χ1) is 14.8. The van der Waals surface area contributed by atoms with E-state index in [1.165, 1.54) is 30.7 Å². The molecule has 1 saturated heterocycles. The van der Waals surface area contributed by atoms with E-state index in [0.717, 1.165) is 5.56 Å². The second kappa shape index (κ2) is 9.89. The van der Waals surface area contributed by atoms with Gasteiger partial charge < -0.3 is 14.8 Å².